The molecule has 1 aromatic heterocycles. The minimum absolute atomic E-state index is 0.0904. The molecule has 0 saturated heterocycles. The van der Waals surface area contributed by atoms with Gasteiger partial charge in [-0.25, -0.2) is 0 Å². The van der Waals surface area contributed by atoms with Crippen LogP contribution in [0.4, 0.5) is 0 Å². The zero-order valence-corrected chi connectivity index (χ0v) is 10.5. The molecule has 4 nitrogen and oxygen atoms in total. The molecule has 1 aromatic rings. The van der Waals surface area contributed by atoms with Gasteiger partial charge in [0.1, 0.15) is 0 Å². The number of esters is 1. The molecule has 1 rings (SSSR count). The van der Waals surface area contributed by atoms with Crippen molar-refractivity contribution < 1.29 is 9.53 Å². The molecule has 1 N–H and O–H groups in total. The average Bonchev–Trinajstić information content (AvgIpc) is 2.36. The molecule has 0 bridgehead atoms. The number of rotatable bonds is 7. The summed E-state index contributed by atoms with van der Waals surface area (Å²) in [5.74, 6) is -0.226. The smallest absolute Gasteiger partial charge is 0.309 e. The Morgan fingerprint density at radius 1 is 1.47 bits per heavy atom. The van der Waals surface area contributed by atoms with E-state index in [1.165, 1.54) is 5.56 Å². The zero-order chi connectivity index (χ0) is 12.5. The Bertz CT molecular complexity index is 327. The topological polar surface area (TPSA) is 51.2 Å². The molecule has 94 valence electrons. The van der Waals surface area contributed by atoms with E-state index in [-0.39, 0.29) is 11.9 Å². The van der Waals surface area contributed by atoms with Crippen LogP contribution >= 0.6 is 0 Å². The second-order valence-corrected chi connectivity index (χ2v) is 3.96. The molecule has 0 saturated carbocycles. The maximum atomic E-state index is 11.3. The fourth-order valence-corrected chi connectivity index (χ4v) is 1.47. The van der Waals surface area contributed by atoms with Gasteiger partial charge in [0.05, 0.1) is 12.5 Å². The van der Waals surface area contributed by atoms with Gasteiger partial charge in [-0.3, -0.25) is 9.78 Å². The summed E-state index contributed by atoms with van der Waals surface area (Å²) in [5, 5.41) is 3.25. The van der Waals surface area contributed by atoms with Crippen LogP contribution in [0.3, 0.4) is 0 Å². The van der Waals surface area contributed by atoms with Crippen molar-refractivity contribution in [2.45, 2.75) is 20.3 Å². The van der Waals surface area contributed by atoms with Gasteiger partial charge >= 0.3 is 5.97 Å². The third kappa shape index (κ3) is 5.45. The van der Waals surface area contributed by atoms with Crippen molar-refractivity contribution in [2.24, 2.45) is 5.92 Å². The summed E-state index contributed by atoms with van der Waals surface area (Å²) in [7, 11) is 0. The third-order valence-electron chi connectivity index (χ3n) is 2.48. The Balaban J connectivity index is 2.14. The molecule has 0 radical (unpaired) electrons. The van der Waals surface area contributed by atoms with E-state index in [4.69, 9.17) is 4.74 Å². The summed E-state index contributed by atoms with van der Waals surface area (Å²) >= 11 is 0. The summed E-state index contributed by atoms with van der Waals surface area (Å²) in [5.41, 5.74) is 1.25. The lowest BCUT2D eigenvalue weighted by atomic mass is 10.1. The molecular formula is C13H20N2O2. The summed E-state index contributed by atoms with van der Waals surface area (Å²) in [6, 6.07) is 3.99. The van der Waals surface area contributed by atoms with E-state index in [0.29, 0.717) is 13.2 Å². The predicted molar refractivity (Wildman–Crippen MR) is 66.6 cm³/mol. The molecule has 1 atom stereocenters. The molecule has 1 unspecified atom stereocenters. The number of hydrogen-bond acceptors (Lipinski definition) is 4. The van der Waals surface area contributed by atoms with Crippen molar-refractivity contribution >= 4 is 5.97 Å². The van der Waals surface area contributed by atoms with Crippen LogP contribution in [0.25, 0.3) is 0 Å². The summed E-state index contributed by atoms with van der Waals surface area (Å²) in [6.07, 6.45) is 4.52. The van der Waals surface area contributed by atoms with E-state index in [1.807, 2.05) is 26.0 Å². The third-order valence-corrected chi connectivity index (χ3v) is 2.48. The van der Waals surface area contributed by atoms with Crippen LogP contribution in [0.1, 0.15) is 19.4 Å². The largest absolute Gasteiger partial charge is 0.466 e. The van der Waals surface area contributed by atoms with Crippen molar-refractivity contribution in [3.05, 3.63) is 30.1 Å². The first kappa shape index (κ1) is 13.6. The summed E-state index contributed by atoms with van der Waals surface area (Å²) in [4.78, 5) is 15.3. The fourth-order valence-electron chi connectivity index (χ4n) is 1.47. The number of aromatic nitrogens is 1. The van der Waals surface area contributed by atoms with E-state index < -0.39 is 0 Å². The van der Waals surface area contributed by atoms with Crippen LogP contribution in [0, 0.1) is 5.92 Å². The molecule has 0 fully saturated rings. The monoisotopic (exact) mass is 236 g/mol. The molecule has 4 heteroatoms. The second-order valence-electron chi connectivity index (χ2n) is 3.96. The number of carbonyl (C=O) groups excluding carboxylic acids is 1. The number of nitrogens with zero attached hydrogens (tertiary/aromatic N) is 1. The van der Waals surface area contributed by atoms with Crippen molar-refractivity contribution in [3.8, 4) is 0 Å². The maximum absolute atomic E-state index is 11.3. The lowest BCUT2D eigenvalue weighted by Crippen LogP contribution is -2.29. The Morgan fingerprint density at radius 2 is 2.18 bits per heavy atom. The molecule has 0 aromatic carbocycles. The molecule has 0 aliphatic carbocycles. The van der Waals surface area contributed by atoms with Crippen LogP contribution in [0.15, 0.2) is 24.5 Å². The highest BCUT2D eigenvalue weighted by Gasteiger charge is 2.12. The highest BCUT2D eigenvalue weighted by Crippen LogP contribution is 1.98. The van der Waals surface area contributed by atoms with Crippen molar-refractivity contribution in [3.63, 3.8) is 0 Å². The first-order valence-corrected chi connectivity index (χ1v) is 6.00. The van der Waals surface area contributed by atoms with Crippen molar-refractivity contribution in [2.75, 3.05) is 19.7 Å². The van der Waals surface area contributed by atoms with Gasteiger partial charge in [0.2, 0.25) is 0 Å². The first-order valence-electron chi connectivity index (χ1n) is 6.00. The minimum Gasteiger partial charge on any atom is -0.466 e. The van der Waals surface area contributed by atoms with E-state index in [0.717, 1.165) is 13.0 Å². The molecular weight excluding hydrogens is 216 g/mol. The SMILES string of the molecule is CCOC(=O)C(C)CNCCc1ccncc1. The van der Waals surface area contributed by atoms with Gasteiger partial charge in [0.15, 0.2) is 0 Å². The summed E-state index contributed by atoms with van der Waals surface area (Å²) < 4.78 is 4.93. The predicted octanol–water partition coefficient (Wildman–Crippen LogP) is 1.41. The van der Waals surface area contributed by atoms with Crippen LogP contribution in [0.2, 0.25) is 0 Å². The number of ether oxygens (including phenoxy) is 1. The normalized spacial score (nSPS) is 12.1. The molecule has 17 heavy (non-hydrogen) atoms. The summed E-state index contributed by atoms with van der Waals surface area (Å²) in [6.45, 7) is 5.65. The maximum Gasteiger partial charge on any atom is 0.309 e. The number of nitrogens with one attached hydrogen (secondary N) is 1. The van der Waals surface area contributed by atoms with Gasteiger partial charge in [0, 0.05) is 18.9 Å². The van der Waals surface area contributed by atoms with Gasteiger partial charge in [0.25, 0.3) is 0 Å². The number of hydrogen-bond donors (Lipinski definition) is 1. The Hall–Kier alpha value is -1.42. The lowest BCUT2D eigenvalue weighted by Gasteiger charge is -2.11. The van der Waals surface area contributed by atoms with Crippen molar-refractivity contribution in [1.82, 2.24) is 10.3 Å². The van der Waals surface area contributed by atoms with Crippen LogP contribution in [-0.4, -0.2) is 30.6 Å². The Labute approximate surface area is 102 Å². The van der Waals surface area contributed by atoms with Gasteiger partial charge in [-0.2, -0.15) is 0 Å². The zero-order valence-electron chi connectivity index (χ0n) is 10.5. The van der Waals surface area contributed by atoms with Crippen molar-refractivity contribution in [1.29, 1.82) is 0 Å². The number of pyridine rings is 1. The Kier molecular flexibility index (Phi) is 6.25. The van der Waals surface area contributed by atoms with E-state index in [2.05, 4.69) is 10.3 Å². The quantitative estimate of drug-likeness (QED) is 0.574. The Morgan fingerprint density at radius 3 is 2.82 bits per heavy atom. The fraction of sp³-hybridized carbons (Fsp3) is 0.538. The van der Waals surface area contributed by atoms with Gasteiger partial charge < -0.3 is 10.1 Å². The van der Waals surface area contributed by atoms with Crippen LogP contribution < -0.4 is 5.32 Å². The van der Waals surface area contributed by atoms with Gasteiger partial charge in [-0.05, 0) is 37.6 Å². The first-order chi connectivity index (χ1) is 8.24. The minimum atomic E-state index is -0.135. The lowest BCUT2D eigenvalue weighted by molar-refractivity contribution is -0.147. The second kappa shape index (κ2) is 7.79. The molecule has 1 heterocycles. The van der Waals surface area contributed by atoms with Gasteiger partial charge in [-0.15, -0.1) is 0 Å². The molecule has 0 spiro atoms. The van der Waals surface area contributed by atoms with E-state index in [1.54, 1.807) is 12.4 Å². The van der Waals surface area contributed by atoms with E-state index in [9.17, 15) is 4.79 Å². The molecule has 0 amide bonds. The molecule has 0 aliphatic heterocycles. The number of carbonyl (C=O) groups is 1. The standard InChI is InChI=1S/C13H20N2O2/c1-3-17-13(16)11(2)10-15-9-6-12-4-7-14-8-5-12/h4-5,7-8,11,15H,3,6,9-10H2,1-2H3. The molecule has 0 aliphatic rings. The van der Waals surface area contributed by atoms with Crippen LogP contribution in [-0.2, 0) is 16.0 Å². The average molecular weight is 236 g/mol. The van der Waals surface area contributed by atoms with E-state index >= 15 is 0 Å². The van der Waals surface area contributed by atoms with Gasteiger partial charge in [-0.1, -0.05) is 6.92 Å². The highest BCUT2D eigenvalue weighted by atomic mass is 16.5. The van der Waals surface area contributed by atoms with Crippen LogP contribution in [0.5, 0.6) is 0 Å². The highest BCUT2D eigenvalue weighted by molar-refractivity contribution is 5.72.